The lowest BCUT2D eigenvalue weighted by atomic mass is 10.3. The average Bonchev–Trinajstić information content (AvgIpc) is 2.31. The Bertz CT molecular complexity index is 431. The lowest BCUT2D eigenvalue weighted by molar-refractivity contribution is 0.484. The van der Waals surface area contributed by atoms with Crippen LogP contribution in [-0.2, 0) is 0 Å². The van der Waals surface area contributed by atoms with Gasteiger partial charge in [-0.1, -0.05) is 30.3 Å². The molecule has 0 heterocycles. The maximum Gasteiger partial charge on any atom is 0.150 e. The van der Waals surface area contributed by atoms with Crippen molar-refractivity contribution < 1.29 is 6.16 Å². The quantitative estimate of drug-likeness (QED) is 0.816. The molecule has 2 aromatic carbocycles. The Labute approximate surface area is 91.0 Å². The predicted octanol–water partition coefficient (Wildman–Crippen LogP) is 3.77. The highest BCUT2D eigenvalue weighted by atomic mass is 16.5. The van der Waals surface area contributed by atoms with Gasteiger partial charge in [0, 0.05) is 8.47 Å². The fourth-order valence-electron chi connectivity index (χ4n) is 1.38. The molecule has 0 aromatic heterocycles. The van der Waals surface area contributed by atoms with Gasteiger partial charge in [-0.3, -0.25) is 0 Å². The highest BCUT2D eigenvalue weighted by molar-refractivity contribution is 5.56. The highest BCUT2D eigenvalue weighted by Gasteiger charge is 2.00. The van der Waals surface area contributed by atoms with Crippen molar-refractivity contribution in [2.75, 3.05) is 12.4 Å². The zero-order valence-corrected chi connectivity index (χ0v) is 8.60. The Morgan fingerprint density at radius 1 is 0.933 bits per heavy atom. The summed E-state index contributed by atoms with van der Waals surface area (Å²) in [4.78, 5) is 0. The van der Waals surface area contributed by atoms with Crippen LogP contribution in [0.15, 0.2) is 54.6 Å². The van der Waals surface area contributed by atoms with Crippen LogP contribution < -0.4 is 10.1 Å². The van der Waals surface area contributed by atoms with E-state index < -0.39 is 0 Å². The second-order valence-corrected chi connectivity index (χ2v) is 3.16. The van der Waals surface area contributed by atoms with Gasteiger partial charge in [0.25, 0.3) is 0 Å². The number of nitrogens with one attached hydrogen (secondary N) is 1. The van der Waals surface area contributed by atoms with E-state index in [1.807, 2.05) is 61.6 Å². The lowest BCUT2D eigenvalue weighted by Gasteiger charge is -2.09. The smallest absolute Gasteiger partial charge is 0.150 e. The van der Waals surface area contributed by atoms with Crippen LogP contribution in [0.4, 0.5) is 5.69 Å². The topological polar surface area (TPSA) is 21.3 Å². The predicted molar refractivity (Wildman–Crippen MR) is 64.6 cm³/mol. The van der Waals surface area contributed by atoms with Crippen molar-refractivity contribution in [3.8, 4) is 11.5 Å². The van der Waals surface area contributed by atoms with E-state index in [1.54, 1.807) is 0 Å². The van der Waals surface area contributed by atoms with E-state index >= 15 is 0 Å². The van der Waals surface area contributed by atoms with Gasteiger partial charge < -0.3 is 10.1 Å². The van der Waals surface area contributed by atoms with Crippen molar-refractivity contribution in [1.82, 2.24) is 0 Å². The zero-order valence-electron chi connectivity index (χ0n) is 8.60. The molecule has 0 aliphatic rings. The van der Waals surface area contributed by atoms with Crippen molar-refractivity contribution in [2.45, 2.75) is 0 Å². The van der Waals surface area contributed by atoms with Gasteiger partial charge in [0.15, 0.2) is 0 Å². The Hall–Kier alpha value is -1.96. The normalized spacial score (nSPS) is 9.67. The third-order valence-corrected chi connectivity index (χ3v) is 2.13. The van der Waals surface area contributed by atoms with Gasteiger partial charge in [0.05, 0.1) is 5.69 Å². The summed E-state index contributed by atoms with van der Waals surface area (Å²) >= 11 is 0. The first kappa shape index (κ1) is 9.59. The van der Waals surface area contributed by atoms with Gasteiger partial charge in [-0.15, -0.1) is 0 Å². The van der Waals surface area contributed by atoms with Crippen molar-refractivity contribution >= 4 is 5.69 Å². The Morgan fingerprint density at radius 2 is 1.60 bits per heavy atom. The largest absolute Gasteiger partial charge is 0.455 e. The molecular weight excluding hydrogens is 186 g/mol. The maximum atomic E-state index is 5.74. The summed E-state index contributed by atoms with van der Waals surface area (Å²) in [7, 11) is 1.88. The molecule has 78 valence electrons. The number of rotatable bonds is 3. The first-order valence-electron chi connectivity index (χ1n) is 4.90. The van der Waals surface area contributed by atoms with Crippen molar-refractivity contribution in [3.05, 3.63) is 54.6 Å². The van der Waals surface area contributed by atoms with Crippen LogP contribution in [0.3, 0.4) is 0 Å². The molecule has 0 atom stereocenters. The number of benzene rings is 2. The SMILES string of the molecule is CNc1ccccc1Oc1ccccc1.[HH]. The molecule has 1 N–H and O–H groups in total. The van der Waals surface area contributed by atoms with Gasteiger partial charge in [0.2, 0.25) is 0 Å². The van der Waals surface area contributed by atoms with Crippen LogP contribution >= 0.6 is 0 Å². The molecule has 0 saturated heterocycles. The van der Waals surface area contributed by atoms with E-state index in [-0.39, 0.29) is 1.43 Å². The van der Waals surface area contributed by atoms with E-state index in [4.69, 9.17) is 4.74 Å². The minimum atomic E-state index is 0. The van der Waals surface area contributed by atoms with Gasteiger partial charge in [-0.2, -0.15) is 0 Å². The van der Waals surface area contributed by atoms with Crippen LogP contribution in [0.1, 0.15) is 1.43 Å². The van der Waals surface area contributed by atoms with Crippen LogP contribution in [0.2, 0.25) is 0 Å². The molecule has 2 heteroatoms. The standard InChI is InChI=1S/C13H13NO.H2/c1-14-12-9-5-6-10-13(12)15-11-7-3-2-4-8-11;/h2-10,14H,1H3;1H. The average molecular weight is 201 g/mol. The van der Waals surface area contributed by atoms with E-state index in [1.165, 1.54) is 0 Å². The molecule has 0 fully saturated rings. The van der Waals surface area contributed by atoms with Gasteiger partial charge in [0.1, 0.15) is 11.5 Å². The summed E-state index contributed by atoms with van der Waals surface area (Å²) in [6, 6.07) is 17.6. The third-order valence-electron chi connectivity index (χ3n) is 2.13. The number of hydrogen-bond donors (Lipinski definition) is 1. The molecule has 0 amide bonds. The summed E-state index contributed by atoms with van der Waals surface area (Å²) in [5.41, 5.74) is 0.987. The van der Waals surface area contributed by atoms with E-state index in [0.717, 1.165) is 17.2 Å². The molecule has 0 aliphatic heterocycles. The molecule has 0 saturated carbocycles. The summed E-state index contributed by atoms with van der Waals surface area (Å²) in [6.45, 7) is 0. The minimum absolute atomic E-state index is 0. The monoisotopic (exact) mass is 201 g/mol. The van der Waals surface area contributed by atoms with Crippen molar-refractivity contribution in [3.63, 3.8) is 0 Å². The van der Waals surface area contributed by atoms with Crippen LogP contribution in [0, 0.1) is 0 Å². The second kappa shape index (κ2) is 4.51. The Balaban J connectivity index is 0.00000128. The Kier molecular flexibility index (Phi) is 2.88. The third kappa shape index (κ3) is 2.29. The van der Waals surface area contributed by atoms with Crippen LogP contribution in [-0.4, -0.2) is 7.05 Å². The first-order chi connectivity index (χ1) is 7.40. The van der Waals surface area contributed by atoms with Crippen molar-refractivity contribution in [2.24, 2.45) is 0 Å². The van der Waals surface area contributed by atoms with Crippen LogP contribution in [0.25, 0.3) is 0 Å². The number of hydrogen-bond acceptors (Lipinski definition) is 2. The molecule has 2 rings (SSSR count). The van der Waals surface area contributed by atoms with E-state index in [0.29, 0.717) is 0 Å². The summed E-state index contributed by atoms with van der Waals surface area (Å²) in [5, 5.41) is 3.09. The number of ether oxygens (including phenoxy) is 1. The second-order valence-electron chi connectivity index (χ2n) is 3.16. The molecule has 0 aliphatic carbocycles. The fraction of sp³-hybridized carbons (Fsp3) is 0.0769. The van der Waals surface area contributed by atoms with E-state index in [9.17, 15) is 0 Å². The van der Waals surface area contributed by atoms with Crippen LogP contribution in [0.5, 0.6) is 11.5 Å². The molecule has 0 unspecified atom stereocenters. The fourth-order valence-corrected chi connectivity index (χ4v) is 1.38. The minimum Gasteiger partial charge on any atom is -0.455 e. The molecule has 15 heavy (non-hydrogen) atoms. The zero-order chi connectivity index (χ0) is 10.5. The summed E-state index contributed by atoms with van der Waals surface area (Å²) in [6.07, 6.45) is 0. The molecule has 0 bridgehead atoms. The summed E-state index contributed by atoms with van der Waals surface area (Å²) < 4.78 is 5.74. The van der Waals surface area contributed by atoms with E-state index in [2.05, 4.69) is 5.32 Å². The highest BCUT2D eigenvalue weighted by Crippen LogP contribution is 2.28. The lowest BCUT2D eigenvalue weighted by Crippen LogP contribution is -1.92. The van der Waals surface area contributed by atoms with Gasteiger partial charge in [-0.05, 0) is 24.3 Å². The molecule has 0 spiro atoms. The molecule has 2 nitrogen and oxygen atoms in total. The summed E-state index contributed by atoms with van der Waals surface area (Å²) in [5.74, 6) is 1.69. The molecule has 2 aromatic rings. The maximum absolute atomic E-state index is 5.74. The van der Waals surface area contributed by atoms with Gasteiger partial charge >= 0.3 is 0 Å². The first-order valence-corrected chi connectivity index (χ1v) is 4.90. The Morgan fingerprint density at radius 3 is 2.33 bits per heavy atom. The number of para-hydroxylation sites is 3. The number of anilines is 1. The molecular formula is C13H15NO. The van der Waals surface area contributed by atoms with Crippen molar-refractivity contribution in [1.29, 1.82) is 0 Å². The van der Waals surface area contributed by atoms with Gasteiger partial charge in [-0.25, -0.2) is 0 Å². The molecule has 0 radical (unpaired) electrons.